The van der Waals surface area contributed by atoms with Gasteiger partial charge in [-0.05, 0) is 24.3 Å². The van der Waals surface area contributed by atoms with Crippen molar-refractivity contribution in [1.29, 1.82) is 0 Å². The number of H-pyrrole nitrogens is 1. The van der Waals surface area contributed by atoms with Crippen LogP contribution >= 0.6 is 0 Å². The molecule has 0 radical (unpaired) electrons. The van der Waals surface area contributed by atoms with E-state index in [4.69, 9.17) is 0 Å². The maximum atomic E-state index is 11.9. The van der Waals surface area contributed by atoms with Gasteiger partial charge in [0.25, 0.3) is 23.3 Å². The summed E-state index contributed by atoms with van der Waals surface area (Å²) in [6.07, 6.45) is 0. The summed E-state index contributed by atoms with van der Waals surface area (Å²) >= 11 is 0. The Morgan fingerprint density at radius 3 is 2.48 bits per heavy atom. The van der Waals surface area contributed by atoms with Gasteiger partial charge in [0.15, 0.2) is 0 Å². The van der Waals surface area contributed by atoms with E-state index in [1.165, 1.54) is 30.3 Å². The van der Waals surface area contributed by atoms with Crippen molar-refractivity contribution in [3.63, 3.8) is 0 Å². The van der Waals surface area contributed by atoms with Crippen molar-refractivity contribution in [2.75, 3.05) is 5.32 Å². The zero-order chi connectivity index (χ0) is 15.0. The summed E-state index contributed by atoms with van der Waals surface area (Å²) in [4.78, 5) is 45.7. The molecular formula is C13H8N4O4. The monoisotopic (exact) mass is 284 g/mol. The summed E-state index contributed by atoms with van der Waals surface area (Å²) in [5.41, 5.74) is 0.416. The quantitative estimate of drug-likeness (QED) is 0.665. The maximum absolute atomic E-state index is 11.9. The number of nitrogens with zero attached hydrogens (tertiary/aromatic N) is 1. The van der Waals surface area contributed by atoms with Crippen LogP contribution < -0.4 is 16.2 Å². The lowest BCUT2D eigenvalue weighted by molar-refractivity contribution is 0.0878. The zero-order valence-electron chi connectivity index (χ0n) is 10.5. The molecule has 0 aliphatic carbocycles. The highest BCUT2D eigenvalue weighted by atomic mass is 16.2. The number of carbonyl (C=O) groups excluding carboxylic acids is 3. The number of anilines is 1. The standard InChI is InChI=1S/C13H8N4O4/c18-10-4-3-9(16-17-10)13(21)14-6-1-2-7-8(5-6)12(20)15-11(7)19/h1-5H,(H,14,21)(H,17,18)(H,15,19,20). The van der Waals surface area contributed by atoms with E-state index in [0.29, 0.717) is 5.69 Å². The molecule has 0 saturated heterocycles. The van der Waals surface area contributed by atoms with Gasteiger partial charge in [-0.2, -0.15) is 5.10 Å². The molecule has 0 fully saturated rings. The largest absolute Gasteiger partial charge is 0.321 e. The molecule has 3 amide bonds. The summed E-state index contributed by atoms with van der Waals surface area (Å²) in [6, 6.07) is 6.81. The lowest BCUT2D eigenvalue weighted by Gasteiger charge is -2.05. The molecule has 1 aliphatic rings. The van der Waals surface area contributed by atoms with Crippen molar-refractivity contribution < 1.29 is 14.4 Å². The van der Waals surface area contributed by atoms with Crippen LogP contribution in [0.15, 0.2) is 35.1 Å². The summed E-state index contributed by atoms with van der Waals surface area (Å²) in [6.45, 7) is 0. The third-order valence-electron chi connectivity index (χ3n) is 2.91. The summed E-state index contributed by atoms with van der Waals surface area (Å²) in [5, 5.41) is 10.4. The first kappa shape index (κ1) is 12.7. The van der Waals surface area contributed by atoms with Crippen LogP contribution in [0.25, 0.3) is 0 Å². The molecule has 0 unspecified atom stereocenters. The Labute approximate surface area is 117 Å². The molecule has 2 heterocycles. The van der Waals surface area contributed by atoms with E-state index in [9.17, 15) is 19.2 Å². The highest BCUT2D eigenvalue weighted by Gasteiger charge is 2.26. The second-order valence-electron chi connectivity index (χ2n) is 4.30. The summed E-state index contributed by atoms with van der Waals surface area (Å²) in [5.74, 6) is -1.51. The Balaban J connectivity index is 1.86. The molecule has 0 spiro atoms. The third-order valence-corrected chi connectivity index (χ3v) is 2.91. The number of hydrogen-bond donors (Lipinski definition) is 3. The Morgan fingerprint density at radius 2 is 1.76 bits per heavy atom. The van der Waals surface area contributed by atoms with Gasteiger partial charge in [0.1, 0.15) is 5.69 Å². The predicted molar refractivity (Wildman–Crippen MR) is 71.0 cm³/mol. The highest BCUT2D eigenvalue weighted by Crippen LogP contribution is 2.20. The van der Waals surface area contributed by atoms with Crippen molar-refractivity contribution in [1.82, 2.24) is 15.5 Å². The van der Waals surface area contributed by atoms with Gasteiger partial charge in [-0.3, -0.25) is 24.5 Å². The number of nitrogens with one attached hydrogen (secondary N) is 3. The van der Waals surface area contributed by atoms with Crippen LogP contribution in [0.3, 0.4) is 0 Å². The number of amides is 3. The lowest BCUT2D eigenvalue weighted by atomic mass is 10.1. The van der Waals surface area contributed by atoms with Crippen LogP contribution in [-0.4, -0.2) is 27.9 Å². The van der Waals surface area contributed by atoms with Gasteiger partial charge in [-0.25, -0.2) is 5.10 Å². The molecule has 21 heavy (non-hydrogen) atoms. The number of benzene rings is 1. The number of carbonyl (C=O) groups is 3. The lowest BCUT2D eigenvalue weighted by Crippen LogP contribution is -2.20. The van der Waals surface area contributed by atoms with Crippen LogP contribution in [0.1, 0.15) is 31.2 Å². The normalized spacial score (nSPS) is 12.8. The Morgan fingerprint density at radius 1 is 1.00 bits per heavy atom. The van der Waals surface area contributed by atoms with Crippen LogP contribution in [0.4, 0.5) is 5.69 Å². The Hall–Kier alpha value is -3.29. The average Bonchev–Trinajstić information content (AvgIpc) is 2.74. The van der Waals surface area contributed by atoms with Crippen molar-refractivity contribution >= 4 is 23.4 Å². The van der Waals surface area contributed by atoms with E-state index in [1.807, 2.05) is 0 Å². The van der Waals surface area contributed by atoms with E-state index in [1.54, 1.807) is 0 Å². The van der Waals surface area contributed by atoms with Gasteiger partial charge in [0.2, 0.25) is 0 Å². The van der Waals surface area contributed by atoms with Gasteiger partial charge in [-0.1, -0.05) is 0 Å². The minimum absolute atomic E-state index is 0.0237. The number of imide groups is 1. The van der Waals surface area contributed by atoms with Crippen LogP contribution in [0.5, 0.6) is 0 Å². The van der Waals surface area contributed by atoms with Gasteiger partial charge >= 0.3 is 0 Å². The summed E-state index contributed by atoms with van der Waals surface area (Å²) < 4.78 is 0. The Bertz CT molecular complexity index is 820. The minimum atomic E-state index is -0.545. The molecule has 3 N–H and O–H groups in total. The van der Waals surface area contributed by atoms with Gasteiger partial charge < -0.3 is 5.32 Å². The minimum Gasteiger partial charge on any atom is -0.321 e. The van der Waals surface area contributed by atoms with Gasteiger partial charge in [-0.15, -0.1) is 0 Å². The average molecular weight is 284 g/mol. The summed E-state index contributed by atoms with van der Waals surface area (Å²) in [7, 11) is 0. The molecule has 8 heteroatoms. The maximum Gasteiger partial charge on any atom is 0.276 e. The van der Waals surface area contributed by atoms with Crippen molar-refractivity contribution in [3.05, 3.63) is 57.5 Å². The van der Waals surface area contributed by atoms with Crippen molar-refractivity contribution in [2.45, 2.75) is 0 Å². The van der Waals surface area contributed by atoms with Crippen LogP contribution in [0, 0.1) is 0 Å². The topological polar surface area (TPSA) is 121 Å². The molecule has 0 atom stereocenters. The SMILES string of the molecule is O=C(Nc1ccc2c(c1)C(=O)NC2=O)c1ccc(=O)[nH]n1. The highest BCUT2D eigenvalue weighted by molar-refractivity contribution is 6.22. The molecule has 1 aliphatic heterocycles. The molecule has 8 nitrogen and oxygen atoms in total. The van der Waals surface area contributed by atoms with Crippen molar-refractivity contribution in [2.24, 2.45) is 0 Å². The van der Waals surface area contributed by atoms with Crippen molar-refractivity contribution in [3.8, 4) is 0 Å². The van der Waals surface area contributed by atoms with Gasteiger partial charge in [0, 0.05) is 11.8 Å². The fourth-order valence-corrected chi connectivity index (χ4v) is 1.91. The van der Waals surface area contributed by atoms with Crippen LogP contribution in [0.2, 0.25) is 0 Å². The Kier molecular flexibility index (Phi) is 2.83. The van der Waals surface area contributed by atoms with Crippen LogP contribution in [-0.2, 0) is 0 Å². The first-order valence-corrected chi connectivity index (χ1v) is 5.91. The second-order valence-corrected chi connectivity index (χ2v) is 4.30. The molecule has 1 aromatic heterocycles. The van der Waals surface area contributed by atoms with E-state index in [-0.39, 0.29) is 16.8 Å². The van der Waals surface area contributed by atoms with E-state index in [2.05, 4.69) is 20.8 Å². The fraction of sp³-hybridized carbons (Fsp3) is 0. The predicted octanol–water partition coefficient (Wildman–Crippen LogP) is -0.0942. The molecule has 1 aromatic carbocycles. The molecule has 0 saturated carbocycles. The smallest absolute Gasteiger partial charge is 0.276 e. The van der Waals surface area contributed by atoms with E-state index >= 15 is 0 Å². The van der Waals surface area contributed by atoms with E-state index < -0.39 is 23.3 Å². The number of aromatic amines is 1. The fourth-order valence-electron chi connectivity index (χ4n) is 1.91. The molecule has 2 aromatic rings. The molecule has 104 valence electrons. The van der Waals surface area contributed by atoms with E-state index in [0.717, 1.165) is 0 Å². The van der Waals surface area contributed by atoms with Gasteiger partial charge in [0.05, 0.1) is 11.1 Å². The number of aromatic nitrogens is 2. The number of hydrogen-bond acceptors (Lipinski definition) is 5. The first-order chi connectivity index (χ1) is 10.0. The second kappa shape index (κ2) is 4.67. The zero-order valence-corrected chi connectivity index (χ0v) is 10.5. The first-order valence-electron chi connectivity index (χ1n) is 5.91. The molecule has 0 bridgehead atoms. The molecular weight excluding hydrogens is 276 g/mol. The number of fused-ring (bicyclic) bond motifs is 1. The molecule has 3 rings (SSSR count). The third kappa shape index (κ3) is 2.29. The number of rotatable bonds is 2.